The van der Waals surface area contributed by atoms with E-state index in [1.807, 2.05) is 19.9 Å². The largest absolute Gasteiger partial charge is 0.375 e. The number of benzene rings is 1. The van der Waals surface area contributed by atoms with Crippen LogP contribution in [0.2, 0.25) is 5.02 Å². The molecule has 0 aliphatic heterocycles. The Labute approximate surface area is 106 Å². The molecule has 0 saturated heterocycles. The maximum Gasteiger partial charge on any atom is 0.239 e. The first kappa shape index (κ1) is 13.3. The van der Waals surface area contributed by atoms with Crippen molar-refractivity contribution in [2.45, 2.75) is 19.9 Å². The smallest absolute Gasteiger partial charge is 0.239 e. The Morgan fingerprint density at radius 1 is 1.53 bits per heavy atom. The van der Waals surface area contributed by atoms with Gasteiger partial charge in [-0.2, -0.15) is 5.26 Å². The van der Waals surface area contributed by atoms with Crippen LogP contribution in [0, 0.1) is 11.3 Å². The van der Waals surface area contributed by atoms with Crippen LogP contribution in [0.5, 0.6) is 0 Å². The lowest BCUT2D eigenvalue weighted by molar-refractivity contribution is -0.119. The molecule has 5 heteroatoms. The van der Waals surface area contributed by atoms with E-state index >= 15 is 0 Å². The van der Waals surface area contributed by atoms with Gasteiger partial charge >= 0.3 is 0 Å². The van der Waals surface area contributed by atoms with Gasteiger partial charge in [0.05, 0.1) is 28.9 Å². The van der Waals surface area contributed by atoms with E-state index in [-0.39, 0.29) is 18.5 Å². The third-order valence-electron chi connectivity index (χ3n) is 1.99. The second-order valence-electron chi connectivity index (χ2n) is 3.88. The molecule has 0 unspecified atom stereocenters. The van der Waals surface area contributed by atoms with Crippen LogP contribution in [0.3, 0.4) is 0 Å². The van der Waals surface area contributed by atoms with Crippen molar-refractivity contribution >= 4 is 23.2 Å². The van der Waals surface area contributed by atoms with Gasteiger partial charge in [-0.15, -0.1) is 0 Å². The van der Waals surface area contributed by atoms with E-state index in [9.17, 15) is 4.79 Å². The molecule has 0 saturated carbocycles. The first-order chi connectivity index (χ1) is 8.02. The Kier molecular flexibility index (Phi) is 4.80. The maximum absolute atomic E-state index is 11.4. The van der Waals surface area contributed by atoms with Crippen LogP contribution >= 0.6 is 11.6 Å². The first-order valence-corrected chi connectivity index (χ1v) is 5.63. The molecule has 0 atom stereocenters. The second-order valence-corrected chi connectivity index (χ2v) is 4.29. The normalized spacial score (nSPS) is 9.82. The van der Waals surface area contributed by atoms with Gasteiger partial charge in [0, 0.05) is 6.04 Å². The highest BCUT2D eigenvalue weighted by Gasteiger charge is 2.05. The number of amides is 1. The zero-order valence-corrected chi connectivity index (χ0v) is 10.5. The van der Waals surface area contributed by atoms with Crippen molar-refractivity contribution in [1.29, 1.82) is 5.26 Å². The number of hydrogen-bond acceptors (Lipinski definition) is 3. The van der Waals surface area contributed by atoms with Gasteiger partial charge in [0.2, 0.25) is 5.91 Å². The quantitative estimate of drug-likeness (QED) is 0.862. The van der Waals surface area contributed by atoms with Crippen LogP contribution in [-0.2, 0) is 4.79 Å². The van der Waals surface area contributed by atoms with Crippen LogP contribution in [0.4, 0.5) is 5.69 Å². The monoisotopic (exact) mass is 251 g/mol. The number of rotatable bonds is 4. The summed E-state index contributed by atoms with van der Waals surface area (Å²) in [5, 5.41) is 14.8. The van der Waals surface area contributed by atoms with Crippen LogP contribution in [0.1, 0.15) is 19.4 Å². The molecule has 0 radical (unpaired) electrons. The number of nitrogens with zero attached hydrogens (tertiary/aromatic N) is 1. The molecule has 0 aliphatic carbocycles. The molecule has 0 bridgehead atoms. The van der Waals surface area contributed by atoms with Gasteiger partial charge in [0.25, 0.3) is 0 Å². The molecule has 0 aliphatic rings. The molecule has 1 amide bonds. The van der Waals surface area contributed by atoms with Crippen LogP contribution in [0.25, 0.3) is 0 Å². The predicted molar refractivity (Wildman–Crippen MR) is 67.9 cm³/mol. The lowest BCUT2D eigenvalue weighted by Gasteiger charge is -2.11. The number of nitriles is 1. The minimum atomic E-state index is -0.0968. The molecule has 90 valence electrons. The molecule has 0 fully saturated rings. The minimum absolute atomic E-state index is 0.0968. The highest BCUT2D eigenvalue weighted by Crippen LogP contribution is 2.22. The third-order valence-corrected chi connectivity index (χ3v) is 2.30. The summed E-state index contributed by atoms with van der Waals surface area (Å²) < 4.78 is 0. The molecular formula is C12H14ClN3O. The predicted octanol–water partition coefficient (Wildman–Crippen LogP) is 2.15. The maximum atomic E-state index is 11.4. The van der Waals surface area contributed by atoms with Gasteiger partial charge in [0.15, 0.2) is 0 Å². The Morgan fingerprint density at radius 3 is 2.76 bits per heavy atom. The van der Waals surface area contributed by atoms with E-state index in [0.29, 0.717) is 16.3 Å². The van der Waals surface area contributed by atoms with Gasteiger partial charge in [-0.05, 0) is 32.0 Å². The third kappa shape index (κ3) is 4.33. The van der Waals surface area contributed by atoms with Crippen molar-refractivity contribution in [3.05, 3.63) is 28.8 Å². The molecule has 0 heterocycles. The number of anilines is 1. The summed E-state index contributed by atoms with van der Waals surface area (Å²) in [7, 11) is 0. The number of nitrogens with one attached hydrogen (secondary N) is 2. The summed E-state index contributed by atoms with van der Waals surface area (Å²) in [6.07, 6.45) is 0. The highest BCUT2D eigenvalue weighted by molar-refractivity contribution is 6.33. The summed E-state index contributed by atoms with van der Waals surface area (Å²) in [6, 6.07) is 7.00. The lowest BCUT2D eigenvalue weighted by atomic mass is 10.2. The van der Waals surface area contributed by atoms with Gasteiger partial charge in [-0.25, -0.2) is 0 Å². The van der Waals surface area contributed by atoms with Crippen molar-refractivity contribution in [1.82, 2.24) is 5.32 Å². The Balaban J connectivity index is 2.58. The Morgan fingerprint density at radius 2 is 2.24 bits per heavy atom. The van der Waals surface area contributed by atoms with Gasteiger partial charge in [-0.1, -0.05) is 11.6 Å². The lowest BCUT2D eigenvalue weighted by Crippen LogP contribution is -2.34. The average molecular weight is 252 g/mol. The number of carbonyl (C=O) groups is 1. The highest BCUT2D eigenvalue weighted by atomic mass is 35.5. The topological polar surface area (TPSA) is 64.9 Å². The molecule has 2 N–H and O–H groups in total. The van der Waals surface area contributed by atoms with Crippen molar-refractivity contribution in [3.8, 4) is 6.07 Å². The van der Waals surface area contributed by atoms with Crippen molar-refractivity contribution in [2.75, 3.05) is 11.9 Å². The van der Waals surface area contributed by atoms with E-state index in [1.54, 1.807) is 18.2 Å². The second kappa shape index (κ2) is 6.12. The van der Waals surface area contributed by atoms with Gasteiger partial charge in [0.1, 0.15) is 0 Å². The number of carbonyl (C=O) groups excluding carboxylic acids is 1. The van der Waals surface area contributed by atoms with Crippen molar-refractivity contribution in [3.63, 3.8) is 0 Å². The van der Waals surface area contributed by atoms with Crippen molar-refractivity contribution < 1.29 is 4.79 Å². The molecule has 17 heavy (non-hydrogen) atoms. The van der Waals surface area contributed by atoms with E-state index in [2.05, 4.69) is 10.6 Å². The van der Waals surface area contributed by atoms with E-state index in [4.69, 9.17) is 16.9 Å². The first-order valence-electron chi connectivity index (χ1n) is 5.26. The fourth-order valence-corrected chi connectivity index (χ4v) is 1.52. The van der Waals surface area contributed by atoms with Crippen LogP contribution in [0.15, 0.2) is 18.2 Å². The molecule has 1 aromatic rings. The molecule has 1 aromatic carbocycles. The molecule has 1 rings (SSSR count). The average Bonchev–Trinajstić information content (AvgIpc) is 2.26. The zero-order chi connectivity index (χ0) is 12.8. The Bertz CT molecular complexity index is 452. The SMILES string of the molecule is CC(C)NC(=O)CNc1ccc(C#N)cc1Cl. The van der Waals surface area contributed by atoms with Crippen molar-refractivity contribution in [2.24, 2.45) is 0 Å². The zero-order valence-electron chi connectivity index (χ0n) is 9.75. The summed E-state index contributed by atoms with van der Waals surface area (Å²) in [4.78, 5) is 11.4. The van der Waals surface area contributed by atoms with Crippen LogP contribution < -0.4 is 10.6 Å². The molecule has 4 nitrogen and oxygen atoms in total. The molecular weight excluding hydrogens is 238 g/mol. The summed E-state index contributed by atoms with van der Waals surface area (Å²) in [5.74, 6) is -0.0968. The fraction of sp³-hybridized carbons (Fsp3) is 0.333. The Hall–Kier alpha value is -1.73. The number of halogens is 1. The summed E-state index contributed by atoms with van der Waals surface area (Å²) in [5.41, 5.74) is 1.14. The fourth-order valence-electron chi connectivity index (χ4n) is 1.28. The number of hydrogen-bond donors (Lipinski definition) is 2. The molecule has 0 aromatic heterocycles. The summed E-state index contributed by atoms with van der Waals surface area (Å²) >= 11 is 5.95. The van der Waals surface area contributed by atoms with E-state index in [0.717, 1.165) is 0 Å². The standard InChI is InChI=1S/C12H14ClN3O/c1-8(2)16-12(17)7-15-11-4-3-9(6-14)5-10(11)13/h3-5,8,15H,7H2,1-2H3,(H,16,17). The van der Waals surface area contributed by atoms with Crippen LogP contribution in [-0.4, -0.2) is 18.5 Å². The molecule has 0 spiro atoms. The van der Waals surface area contributed by atoms with Gasteiger partial charge < -0.3 is 10.6 Å². The van der Waals surface area contributed by atoms with E-state index < -0.39 is 0 Å². The van der Waals surface area contributed by atoms with Gasteiger partial charge in [-0.3, -0.25) is 4.79 Å². The minimum Gasteiger partial charge on any atom is -0.375 e. The summed E-state index contributed by atoms with van der Waals surface area (Å²) in [6.45, 7) is 3.95. The van der Waals surface area contributed by atoms with E-state index in [1.165, 1.54) is 0 Å².